The van der Waals surface area contributed by atoms with Gasteiger partial charge in [0.25, 0.3) is 5.56 Å². The number of likely N-dealkylation sites (tertiary alicyclic amines) is 1. The number of nitrogens with two attached hydrogens (primary N) is 1. The van der Waals surface area contributed by atoms with Crippen LogP contribution in [0, 0.1) is 17.7 Å². The van der Waals surface area contributed by atoms with Crippen molar-refractivity contribution in [3.05, 3.63) is 49.9 Å². The van der Waals surface area contributed by atoms with Crippen LogP contribution in [0.4, 0.5) is 15.9 Å². The first-order valence-corrected chi connectivity index (χ1v) is 12.0. The topological polar surface area (TPSA) is 101 Å². The number of nitrogens with zero attached hydrogens (tertiary/aromatic N) is 5. The molecule has 178 valence electrons. The lowest BCUT2D eigenvalue weighted by Gasteiger charge is -2.39. The lowest BCUT2D eigenvalue weighted by Crippen LogP contribution is -2.56. The fraction of sp³-hybridized carbons (Fsp3) is 0.435. The molecule has 3 N–H and O–H groups in total. The highest BCUT2D eigenvalue weighted by Gasteiger charge is 2.39. The third kappa shape index (κ3) is 3.87. The van der Waals surface area contributed by atoms with Crippen molar-refractivity contribution >= 4 is 33.1 Å². The van der Waals surface area contributed by atoms with E-state index in [9.17, 15) is 14.0 Å². The second-order valence-electron chi connectivity index (χ2n) is 8.62. The molecule has 0 aliphatic carbocycles. The van der Waals surface area contributed by atoms with Gasteiger partial charge in [-0.3, -0.25) is 18.8 Å². The maximum absolute atomic E-state index is 13.7. The first-order chi connectivity index (χ1) is 16.4. The molecule has 1 fully saturated rings. The van der Waals surface area contributed by atoms with E-state index in [0.717, 1.165) is 24.1 Å². The molecule has 5 rings (SSSR count). The number of piperidine rings is 1. The third-order valence-electron chi connectivity index (χ3n) is 6.32. The van der Waals surface area contributed by atoms with Crippen LogP contribution in [0.3, 0.4) is 0 Å². The maximum Gasteiger partial charge on any atom is 0.332 e. The summed E-state index contributed by atoms with van der Waals surface area (Å²) in [4.78, 5) is 35.4. The van der Waals surface area contributed by atoms with E-state index in [-0.39, 0.29) is 24.7 Å². The van der Waals surface area contributed by atoms with Gasteiger partial charge in [0, 0.05) is 32.2 Å². The van der Waals surface area contributed by atoms with Gasteiger partial charge in [0.1, 0.15) is 22.3 Å². The second-order valence-corrected chi connectivity index (χ2v) is 9.73. The molecule has 34 heavy (non-hydrogen) atoms. The Bertz CT molecular complexity index is 1430. The molecular weight excluding hydrogens is 457 g/mol. The number of aromatic nitrogens is 3. The minimum Gasteiger partial charge on any atom is -0.337 e. The molecule has 3 aromatic rings. The molecule has 0 saturated carbocycles. The number of thiazole rings is 1. The average Bonchev–Trinajstić information content (AvgIpc) is 3.40. The van der Waals surface area contributed by atoms with Crippen LogP contribution in [0.25, 0.3) is 10.2 Å². The van der Waals surface area contributed by atoms with Gasteiger partial charge in [-0.05, 0) is 31.9 Å². The van der Waals surface area contributed by atoms with Gasteiger partial charge in [0.15, 0.2) is 6.29 Å². The van der Waals surface area contributed by atoms with Gasteiger partial charge in [-0.15, -0.1) is 17.3 Å². The van der Waals surface area contributed by atoms with Crippen LogP contribution in [0.15, 0.2) is 27.8 Å². The molecule has 2 aliphatic heterocycles. The summed E-state index contributed by atoms with van der Waals surface area (Å²) in [6, 6.07) is 4.43. The number of benzene rings is 1. The Hall–Kier alpha value is -3.20. The summed E-state index contributed by atoms with van der Waals surface area (Å²) < 4.78 is 17.0. The lowest BCUT2D eigenvalue weighted by atomic mass is 10.1. The van der Waals surface area contributed by atoms with Gasteiger partial charge in [-0.1, -0.05) is 5.92 Å². The zero-order valence-corrected chi connectivity index (χ0v) is 19.9. The van der Waals surface area contributed by atoms with Crippen molar-refractivity contribution in [2.24, 2.45) is 12.8 Å². The Kier molecular flexibility index (Phi) is 5.89. The normalized spacial score (nSPS) is 20.2. The zero-order valence-electron chi connectivity index (χ0n) is 19.0. The van der Waals surface area contributed by atoms with Crippen molar-refractivity contribution in [2.45, 2.75) is 38.6 Å². The van der Waals surface area contributed by atoms with Crippen LogP contribution >= 0.6 is 11.3 Å². The molecule has 0 spiro atoms. The van der Waals surface area contributed by atoms with Crippen molar-refractivity contribution in [2.75, 3.05) is 29.9 Å². The fourth-order valence-corrected chi connectivity index (χ4v) is 5.61. The molecule has 2 atom stereocenters. The van der Waals surface area contributed by atoms with Crippen molar-refractivity contribution in [1.29, 1.82) is 0 Å². The highest BCUT2D eigenvalue weighted by Crippen LogP contribution is 2.32. The van der Waals surface area contributed by atoms with E-state index in [4.69, 9.17) is 5.73 Å². The average molecular weight is 484 g/mol. The van der Waals surface area contributed by atoms with Crippen LogP contribution in [0.1, 0.15) is 24.8 Å². The van der Waals surface area contributed by atoms with E-state index in [1.807, 2.05) is 4.90 Å². The molecule has 0 amide bonds. The Balaban J connectivity index is 1.57. The fourth-order valence-electron chi connectivity index (χ4n) is 4.67. The van der Waals surface area contributed by atoms with E-state index in [2.05, 4.69) is 27.0 Å². The van der Waals surface area contributed by atoms with Crippen LogP contribution in [0.5, 0.6) is 0 Å². The van der Waals surface area contributed by atoms with Crippen LogP contribution < -0.4 is 27.2 Å². The summed E-state index contributed by atoms with van der Waals surface area (Å²) in [6.07, 6.45) is 1.61. The number of fused-ring (bicyclic) bond motifs is 2. The molecule has 2 aliphatic rings. The highest BCUT2D eigenvalue weighted by molar-refractivity contribution is 7.18. The smallest absolute Gasteiger partial charge is 0.332 e. The predicted octanol–water partition coefficient (Wildman–Crippen LogP) is 1.31. The third-order valence-corrected chi connectivity index (χ3v) is 7.34. The number of halogens is 1. The molecule has 4 heterocycles. The van der Waals surface area contributed by atoms with E-state index in [1.165, 1.54) is 32.6 Å². The predicted molar refractivity (Wildman–Crippen MR) is 132 cm³/mol. The molecule has 0 bridgehead atoms. The summed E-state index contributed by atoms with van der Waals surface area (Å²) in [7, 11) is 1.64. The van der Waals surface area contributed by atoms with Crippen molar-refractivity contribution in [3.63, 3.8) is 0 Å². The number of rotatable bonds is 4. The molecule has 9 nitrogen and oxygen atoms in total. The van der Waals surface area contributed by atoms with Crippen LogP contribution in [0.2, 0.25) is 0 Å². The minimum atomic E-state index is -0.445. The molecule has 11 heteroatoms. The van der Waals surface area contributed by atoms with Gasteiger partial charge < -0.3 is 16.0 Å². The highest BCUT2D eigenvalue weighted by atomic mass is 32.1. The number of anilines is 2. The molecular formula is C23H26FN7O2S. The zero-order chi connectivity index (χ0) is 24.0. The Morgan fingerprint density at radius 1 is 1.35 bits per heavy atom. The lowest BCUT2D eigenvalue weighted by molar-refractivity contribution is 0.165. The Morgan fingerprint density at radius 3 is 2.94 bits per heavy atom. The minimum absolute atomic E-state index is 0.00625. The molecule has 0 radical (unpaired) electrons. The summed E-state index contributed by atoms with van der Waals surface area (Å²) in [5, 5.41) is 3.94. The van der Waals surface area contributed by atoms with Crippen LogP contribution in [-0.4, -0.2) is 51.0 Å². The van der Waals surface area contributed by atoms with Gasteiger partial charge in [-0.2, -0.15) is 0 Å². The van der Waals surface area contributed by atoms with E-state index in [1.54, 1.807) is 20.0 Å². The molecule has 2 aromatic heterocycles. The molecule has 1 saturated heterocycles. The summed E-state index contributed by atoms with van der Waals surface area (Å²) in [5.41, 5.74) is 6.27. The van der Waals surface area contributed by atoms with Crippen molar-refractivity contribution < 1.29 is 4.39 Å². The van der Waals surface area contributed by atoms with Gasteiger partial charge in [-0.25, -0.2) is 14.2 Å². The largest absolute Gasteiger partial charge is 0.337 e. The SMILES string of the molecule is CC#CCN1c2c(n(C)c(=O)n(Cc3nc4cc(F)ccc4s3)c2=O)NC1N1CCCC(N)C1. The van der Waals surface area contributed by atoms with Gasteiger partial charge in [0.2, 0.25) is 0 Å². The van der Waals surface area contributed by atoms with Gasteiger partial charge >= 0.3 is 5.69 Å². The summed E-state index contributed by atoms with van der Waals surface area (Å²) >= 11 is 1.34. The Labute approximate surface area is 199 Å². The first-order valence-electron chi connectivity index (χ1n) is 11.2. The number of hydrogen-bond donors (Lipinski definition) is 2. The molecule has 1 aromatic carbocycles. The number of nitrogens with one attached hydrogen (secondary N) is 1. The van der Waals surface area contributed by atoms with Crippen molar-refractivity contribution in [3.8, 4) is 11.8 Å². The number of hydrogen-bond acceptors (Lipinski definition) is 8. The van der Waals surface area contributed by atoms with Crippen LogP contribution in [-0.2, 0) is 13.6 Å². The standard InChI is InChI=1S/C23H26FN7O2S/c1-3-4-10-30-19-20(27-22(30)29-9-5-6-15(25)12-29)28(2)23(33)31(21(19)32)13-18-26-16-11-14(24)7-8-17(16)34-18/h7-8,11,15,22,27H,5-6,9-10,12-13,25H2,1-2H3. The quantitative estimate of drug-likeness (QED) is 0.540. The van der Waals surface area contributed by atoms with E-state index < -0.39 is 11.2 Å². The second kappa shape index (κ2) is 8.87. The molecule has 2 unspecified atom stereocenters. The first kappa shape index (κ1) is 22.6. The van der Waals surface area contributed by atoms with E-state index >= 15 is 0 Å². The monoisotopic (exact) mass is 483 g/mol. The summed E-state index contributed by atoms with van der Waals surface area (Å²) in [6.45, 7) is 3.62. The maximum atomic E-state index is 13.7. The van der Waals surface area contributed by atoms with Crippen molar-refractivity contribution in [1.82, 2.24) is 19.0 Å². The Morgan fingerprint density at radius 2 is 2.18 bits per heavy atom. The summed E-state index contributed by atoms with van der Waals surface area (Å²) in [5.74, 6) is 6.05. The van der Waals surface area contributed by atoms with E-state index in [0.29, 0.717) is 35.1 Å². The van der Waals surface area contributed by atoms with Gasteiger partial charge in [0.05, 0.1) is 23.3 Å².